The van der Waals surface area contributed by atoms with Crippen molar-refractivity contribution in [2.45, 2.75) is 33.2 Å². The Labute approximate surface area is 135 Å². The lowest BCUT2D eigenvalue weighted by atomic mass is 10.2. The first-order chi connectivity index (χ1) is 9.97. The summed E-state index contributed by atoms with van der Waals surface area (Å²) in [5, 5.41) is 4.03. The van der Waals surface area contributed by atoms with Gasteiger partial charge in [0.1, 0.15) is 5.76 Å². The van der Waals surface area contributed by atoms with Crippen molar-refractivity contribution in [2.24, 2.45) is 5.73 Å². The van der Waals surface area contributed by atoms with Crippen LogP contribution in [0.25, 0.3) is 5.82 Å². The number of rotatable bonds is 2. The van der Waals surface area contributed by atoms with Crippen LogP contribution in [-0.4, -0.2) is 39.7 Å². The number of nitrogens with zero attached hydrogens (tertiary/aromatic N) is 3. The molecule has 0 saturated carbocycles. The Kier molecular flexibility index (Phi) is 4.63. The predicted molar refractivity (Wildman–Crippen MR) is 85.8 cm³/mol. The highest BCUT2D eigenvalue weighted by Gasteiger charge is 2.27. The maximum absolute atomic E-state index is 12.6. The van der Waals surface area contributed by atoms with Crippen molar-refractivity contribution in [3.63, 3.8) is 0 Å². The standard InChI is InChI=1S/C15H20N4O2.ClH/c1-9-6-13(15(20)18-5-4-12(16)8-18)11(3)19(9)14-7-10(2)21-17-14;/h6-7,12H,4-5,8,16H2,1-3H3;1H/t12-;/m1./s1. The zero-order valence-corrected chi connectivity index (χ0v) is 13.8. The van der Waals surface area contributed by atoms with E-state index in [9.17, 15) is 4.79 Å². The molecule has 6 nitrogen and oxygen atoms in total. The van der Waals surface area contributed by atoms with Crippen molar-refractivity contribution < 1.29 is 9.32 Å². The number of carbonyl (C=O) groups excluding carboxylic acids is 1. The largest absolute Gasteiger partial charge is 0.360 e. The van der Waals surface area contributed by atoms with Crippen LogP contribution in [-0.2, 0) is 0 Å². The van der Waals surface area contributed by atoms with Crippen LogP contribution >= 0.6 is 12.4 Å². The molecule has 1 amide bonds. The fourth-order valence-electron chi connectivity index (χ4n) is 2.93. The molecule has 0 unspecified atom stereocenters. The van der Waals surface area contributed by atoms with Gasteiger partial charge < -0.3 is 15.2 Å². The van der Waals surface area contributed by atoms with Crippen molar-refractivity contribution >= 4 is 18.3 Å². The monoisotopic (exact) mass is 324 g/mol. The lowest BCUT2D eigenvalue weighted by Crippen LogP contribution is -2.32. The van der Waals surface area contributed by atoms with E-state index in [2.05, 4.69) is 5.16 Å². The molecule has 3 rings (SSSR count). The third-order valence-corrected chi connectivity index (χ3v) is 4.02. The average molecular weight is 325 g/mol. The van der Waals surface area contributed by atoms with Gasteiger partial charge in [0.25, 0.3) is 5.91 Å². The maximum Gasteiger partial charge on any atom is 0.255 e. The fraction of sp³-hybridized carbons (Fsp3) is 0.467. The molecule has 2 N–H and O–H groups in total. The van der Waals surface area contributed by atoms with E-state index in [1.54, 1.807) is 0 Å². The van der Waals surface area contributed by atoms with E-state index in [4.69, 9.17) is 10.3 Å². The first-order valence-electron chi connectivity index (χ1n) is 7.15. The Balaban J connectivity index is 0.00000176. The average Bonchev–Trinajstić information content (AvgIpc) is 3.10. The van der Waals surface area contributed by atoms with E-state index in [0.29, 0.717) is 17.9 Å². The first kappa shape index (κ1) is 16.6. The second kappa shape index (κ2) is 6.14. The number of halogens is 1. The Hall–Kier alpha value is -1.79. The van der Waals surface area contributed by atoms with Crippen LogP contribution in [0.4, 0.5) is 0 Å². The molecule has 0 aliphatic carbocycles. The SMILES string of the molecule is Cc1cc(-n2c(C)cc(C(=O)N3CC[C@@H](N)C3)c2C)no1.Cl. The van der Waals surface area contributed by atoms with E-state index in [1.165, 1.54) is 0 Å². The molecule has 3 heterocycles. The molecule has 2 aromatic heterocycles. The van der Waals surface area contributed by atoms with Crippen molar-refractivity contribution in [3.8, 4) is 5.82 Å². The number of carbonyl (C=O) groups is 1. The highest BCUT2D eigenvalue weighted by molar-refractivity contribution is 5.96. The molecular weight excluding hydrogens is 304 g/mol. The van der Waals surface area contributed by atoms with Gasteiger partial charge in [0.05, 0.1) is 5.56 Å². The van der Waals surface area contributed by atoms with Crippen molar-refractivity contribution in [3.05, 3.63) is 34.8 Å². The van der Waals surface area contributed by atoms with Crippen molar-refractivity contribution in [1.82, 2.24) is 14.6 Å². The number of likely N-dealkylation sites (tertiary alicyclic amines) is 1. The van der Waals surface area contributed by atoms with Gasteiger partial charge in [-0.25, -0.2) is 0 Å². The van der Waals surface area contributed by atoms with Gasteiger partial charge in [-0.3, -0.25) is 9.36 Å². The molecular formula is C15H21ClN4O2. The van der Waals surface area contributed by atoms with Crippen molar-refractivity contribution in [1.29, 1.82) is 0 Å². The summed E-state index contributed by atoms with van der Waals surface area (Å²) in [6.07, 6.45) is 0.868. The molecule has 0 spiro atoms. The maximum atomic E-state index is 12.6. The number of hydrogen-bond acceptors (Lipinski definition) is 4. The molecule has 120 valence electrons. The molecule has 7 heteroatoms. The smallest absolute Gasteiger partial charge is 0.255 e. The summed E-state index contributed by atoms with van der Waals surface area (Å²) in [6.45, 7) is 7.10. The van der Waals surface area contributed by atoms with E-state index in [0.717, 1.165) is 30.1 Å². The zero-order chi connectivity index (χ0) is 15.1. The fourth-order valence-corrected chi connectivity index (χ4v) is 2.93. The topological polar surface area (TPSA) is 77.3 Å². The van der Waals surface area contributed by atoms with E-state index in [-0.39, 0.29) is 24.4 Å². The Morgan fingerprint density at radius 3 is 2.64 bits per heavy atom. The molecule has 0 radical (unpaired) electrons. The van der Waals surface area contributed by atoms with Gasteiger partial charge in [-0.15, -0.1) is 12.4 Å². The molecule has 1 aliphatic heterocycles. The van der Waals surface area contributed by atoms with Gasteiger partial charge in [-0.2, -0.15) is 0 Å². The van der Waals surface area contributed by atoms with Crippen LogP contribution in [0, 0.1) is 20.8 Å². The van der Waals surface area contributed by atoms with Gasteiger partial charge in [-0.05, 0) is 33.3 Å². The normalized spacial score (nSPS) is 17.6. The van der Waals surface area contributed by atoms with Gasteiger partial charge >= 0.3 is 0 Å². The summed E-state index contributed by atoms with van der Waals surface area (Å²) in [5.74, 6) is 1.50. The summed E-state index contributed by atoms with van der Waals surface area (Å²) in [7, 11) is 0. The second-order valence-corrected chi connectivity index (χ2v) is 5.72. The lowest BCUT2D eigenvalue weighted by Gasteiger charge is -2.15. The lowest BCUT2D eigenvalue weighted by molar-refractivity contribution is 0.0790. The summed E-state index contributed by atoms with van der Waals surface area (Å²) in [4.78, 5) is 14.5. The quantitative estimate of drug-likeness (QED) is 0.916. The van der Waals surface area contributed by atoms with Crippen LogP contribution in [0.15, 0.2) is 16.7 Å². The summed E-state index contributed by atoms with van der Waals surface area (Å²) in [6, 6.07) is 3.86. The van der Waals surface area contributed by atoms with Gasteiger partial charge in [0.2, 0.25) is 0 Å². The summed E-state index contributed by atoms with van der Waals surface area (Å²) >= 11 is 0. The molecule has 1 atom stereocenters. The van der Waals surface area contributed by atoms with Crippen LogP contribution < -0.4 is 5.73 Å². The Morgan fingerprint density at radius 1 is 1.36 bits per heavy atom. The minimum atomic E-state index is 0. The van der Waals surface area contributed by atoms with Gasteiger partial charge in [0, 0.05) is 36.6 Å². The molecule has 0 bridgehead atoms. The molecule has 22 heavy (non-hydrogen) atoms. The van der Waals surface area contributed by atoms with E-state index < -0.39 is 0 Å². The van der Waals surface area contributed by atoms with Crippen LogP contribution in [0.3, 0.4) is 0 Å². The summed E-state index contributed by atoms with van der Waals surface area (Å²) in [5.41, 5.74) is 8.44. The number of nitrogens with two attached hydrogens (primary N) is 1. The highest BCUT2D eigenvalue weighted by Crippen LogP contribution is 2.23. The number of aryl methyl sites for hydroxylation is 2. The first-order valence-corrected chi connectivity index (χ1v) is 7.15. The van der Waals surface area contributed by atoms with Crippen LogP contribution in [0.1, 0.15) is 33.9 Å². The Morgan fingerprint density at radius 2 is 2.09 bits per heavy atom. The summed E-state index contributed by atoms with van der Waals surface area (Å²) < 4.78 is 7.07. The number of aromatic nitrogens is 2. The van der Waals surface area contributed by atoms with Gasteiger partial charge in [-0.1, -0.05) is 5.16 Å². The molecule has 1 fully saturated rings. The van der Waals surface area contributed by atoms with Crippen LogP contribution in [0.5, 0.6) is 0 Å². The van der Waals surface area contributed by atoms with Gasteiger partial charge in [0.15, 0.2) is 5.82 Å². The molecule has 1 aliphatic rings. The Bertz CT molecular complexity index is 692. The van der Waals surface area contributed by atoms with Crippen LogP contribution in [0.2, 0.25) is 0 Å². The number of hydrogen-bond donors (Lipinski definition) is 1. The number of amides is 1. The van der Waals surface area contributed by atoms with E-state index >= 15 is 0 Å². The molecule has 0 aromatic carbocycles. The molecule has 1 saturated heterocycles. The minimum absolute atomic E-state index is 0. The highest BCUT2D eigenvalue weighted by atomic mass is 35.5. The third kappa shape index (κ3) is 2.76. The zero-order valence-electron chi connectivity index (χ0n) is 13.0. The second-order valence-electron chi connectivity index (χ2n) is 5.72. The minimum Gasteiger partial charge on any atom is -0.360 e. The predicted octanol–water partition coefficient (Wildman–Crippen LogP) is 1.99. The third-order valence-electron chi connectivity index (χ3n) is 4.02. The van der Waals surface area contributed by atoms with E-state index in [1.807, 2.05) is 42.4 Å². The molecule has 2 aromatic rings. The van der Waals surface area contributed by atoms with Crippen molar-refractivity contribution in [2.75, 3.05) is 13.1 Å².